The van der Waals surface area contributed by atoms with Crippen LogP contribution in [0.5, 0.6) is 0 Å². The molecule has 0 fully saturated rings. The van der Waals surface area contributed by atoms with Gasteiger partial charge in [-0.15, -0.1) is 0 Å². The summed E-state index contributed by atoms with van der Waals surface area (Å²) >= 11 is 0. The van der Waals surface area contributed by atoms with Crippen molar-refractivity contribution in [2.45, 2.75) is 32.1 Å². The van der Waals surface area contributed by atoms with E-state index in [1.165, 1.54) is 17.0 Å². The number of alkyl halides is 3. The fourth-order valence-corrected chi connectivity index (χ4v) is 2.55. The van der Waals surface area contributed by atoms with Gasteiger partial charge in [-0.25, -0.2) is 0 Å². The third-order valence-corrected chi connectivity index (χ3v) is 3.90. The van der Waals surface area contributed by atoms with E-state index in [1.54, 1.807) is 31.3 Å². The van der Waals surface area contributed by atoms with E-state index in [9.17, 15) is 23.1 Å². The molecule has 1 atom stereocenters. The molecule has 0 radical (unpaired) electrons. The van der Waals surface area contributed by atoms with Gasteiger partial charge in [-0.1, -0.05) is 25.1 Å². The number of hydrogen-bond acceptors (Lipinski definition) is 3. The average molecular weight is 352 g/mol. The van der Waals surface area contributed by atoms with Crippen molar-refractivity contribution in [3.8, 4) is 0 Å². The first-order chi connectivity index (χ1) is 11.9. The van der Waals surface area contributed by atoms with E-state index in [0.29, 0.717) is 12.1 Å². The number of pyridine rings is 1. The Balaban J connectivity index is 2.42. The molecule has 0 bridgehead atoms. The largest absolute Gasteiger partial charge is 0.417 e. The first kappa shape index (κ1) is 18.9. The number of nitrogens with zero attached hydrogens (tertiary/aromatic N) is 2. The quantitative estimate of drug-likeness (QED) is 0.866. The van der Waals surface area contributed by atoms with Crippen LogP contribution in [-0.2, 0) is 12.7 Å². The van der Waals surface area contributed by atoms with Crippen molar-refractivity contribution in [2.24, 2.45) is 0 Å². The van der Waals surface area contributed by atoms with E-state index in [0.717, 1.165) is 12.1 Å². The van der Waals surface area contributed by atoms with Crippen LogP contribution in [0.15, 0.2) is 48.7 Å². The second-order valence-corrected chi connectivity index (χ2v) is 5.54. The van der Waals surface area contributed by atoms with E-state index in [2.05, 4.69) is 4.98 Å². The van der Waals surface area contributed by atoms with Gasteiger partial charge in [-0.3, -0.25) is 9.78 Å². The number of aliphatic hydroxyl groups excluding tert-OH is 1. The van der Waals surface area contributed by atoms with Gasteiger partial charge in [0, 0.05) is 6.20 Å². The summed E-state index contributed by atoms with van der Waals surface area (Å²) in [4.78, 5) is 18.2. The third kappa shape index (κ3) is 4.57. The van der Waals surface area contributed by atoms with E-state index >= 15 is 0 Å². The van der Waals surface area contributed by atoms with Gasteiger partial charge in [0.1, 0.15) is 0 Å². The van der Waals surface area contributed by atoms with Crippen LogP contribution < -0.4 is 0 Å². The lowest BCUT2D eigenvalue weighted by atomic mass is 10.0. The molecule has 0 aliphatic carbocycles. The summed E-state index contributed by atoms with van der Waals surface area (Å²) < 4.78 is 39.7. The molecule has 134 valence electrons. The minimum absolute atomic E-state index is 0.0188. The Morgan fingerprint density at radius 1 is 1.20 bits per heavy atom. The van der Waals surface area contributed by atoms with Crippen molar-refractivity contribution in [2.75, 3.05) is 6.61 Å². The molecule has 1 N–H and O–H groups in total. The number of rotatable bonds is 6. The maximum absolute atomic E-state index is 13.2. The zero-order chi connectivity index (χ0) is 18.4. The molecule has 1 amide bonds. The van der Waals surface area contributed by atoms with Crippen molar-refractivity contribution in [1.29, 1.82) is 0 Å². The zero-order valence-electron chi connectivity index (χ0n) is 13.7. The van der Waals surface area contributed by atoms with Crippen molar-refractivity contribution in [3.63, 3.8) is 0 Å². The summed E-state index contributed by atoms with van der Waals surface area (Å²) in [5.74, 6) is -0.778. The molecule has 1 aromatic heterocycles. The van der Waals surface area contributed by atoms with E-state index in [1.807, 2.05) is 0 Å². The molecule has 0 aliphatic heterocycles. The SMILES string of the molecule is CCC(CO)N(Cc1ccccn1)C(=O)c1ccccc1C(F)(F)F. The Morgan fingerprint density at radius 3 is 2.44 bits per heavy atom. The number of hydrogen-bond donors (Lipinski definition) is 1. The van der Waals surface area contributed by atoms with Gasteiger partial charge in [-0.2, -0.15) is 13.2 Å². The summed E-state index contributed by atoms with van der Waals surface area (Å²) in [6.45, 7) is 1.43. The topological polar surface area (TPSA) is 53.4 Å². The standard InChI is InChI=1S/C18H19F3N2O2/c1-2-14(12-24)23(11-13-7-5-6-10-22-13)17(25)15-8-3-4-9-16(15)18(19,20)21/h3-10,14,24H,2,11-12H2,1H3. The van der Waals surface area contributed by atoms with Gasteiger partial charge in [-0.05, 0) is 30.7 Å². The molecule has 2 rings (SSSR count). The first-order valence-corrected chi connectivity index (χ1v) is 7.86. The molecule has 0 spiro atoms. The van der Waals surface area contributed by atoms with Crippen LogP contribution in [0.2, 0.25) is 0 Å². The molecule has 1 unspecified atom stereocenters. The Hall–Kier alpha value is -2.41. The van der Waals surface area contributed by atoms with Crippen molar-refractivity contribution >= 4 is 5.91 Å². The minimum Gasteiger partial charge on any atom is -0.394 e. The number of carbonyl (C=O) groups is 1. The van der Waals surface area contributed by atoms with Crippen LogP contribution in [-0.4, -0.2) is 33.5 Å². The van der Waals surface area contributed by atoms with Crippen molar-refractivity contribution in [1.82, 2.24) is 9.88 Å². The van der Waals surface area contributed by atoms with Gasteiger partial charge < -0.3 is 10.0 Å². The van der Waals surface area contributed by atoms with Crippen LogP contribution in [0.3, 0.4) is 0 Å². The second kappa shape index (κ2) is 8.11. The highest BCUT2D eigenvalue weighted by atomic mass is 19.4. The van der Waals surface area contributed by atoms with Crippen LogP contribution in [0.1, 0.15) is 35.0 Å². The number of halogens is 3. The van der Waals surface area contributed by atoms with Crippen LogP contribution in [0, 0.1) is 0 Å². The smallest absolute Gasteiger partial charge is 0.394 e. The van der Waals surface area contributed by atoms with Gasteiger partial charge >= 0.3 is 6.18 Å². The number of aromatic nitrogens is 1. The lowest BCUT2D eigenvalue weighted by Crippen LogP contribution is -2.42. The van der Waals surface area contributed by atoms with Gasteiger partial charge in [0.05, 0.1) is 36.0 Å². The lowest BCUT2D eigenvalue weighted by molar-refractivity contribution is -0.138. The predicted octanol–water partition coefficient (Wildman–Crippen LogP) is 3.51. The van der Waals surface area contributed by atoms with E-state index in [-0.39, 0.29) is 13.2 Å². The Bertz CT molecular complexity index is 701. The van der Waals surface area contributed by atoms with E-state index in [4.69, 9.17) is 0 Å². The highest BCUT2D eigenvalue weighted by molar-refractivity contribution is 5.96. The van der Waals surface area contributed by atoms with Crippen LogP contribution in [0.25, 0.3) is 0 Å². The molecule has 7 heteroatoms. The number of amides is 1. The molecule has 0 saturated heterocycles. The minimum atomic E-state index is -4.64. The summed E-state index contributed by atoms with van der Waals surface area (Å²) in [7, 11) is 0. The Kier molecular flexibility index (Phi) is 6.14. The van der Waals surface area contributed by atoms with Gasteiger partial charge in [0.25, 0.3) is 5.91 Å². The van der Waals surface area contributed by atoms with Crippen molar-refractivity contribution in [3.05, 3.63) is 65.5 Å². The number of aliphatic hydroxyl groups is 1. The first-order valence-electron chi connectivity index (χ1n) is 7.86. The zero-order valence-corrected chi connectivity index (χ0v) is 13.7. The predicted molar refractivity (Wildman–Crippen MR) is 86.7 cm³/mol. The average Bonchev–Trinajstić information content (AvgIpc) is 2.61. The monoisotopic (exact) mass is 352 g/mol. The van der Waals surface area contributed by atoms with E-state index < -0.39 is 29.3 Å². The van der Waals surface area contributed by atoms with Crippen LogP contribution in [0.4, 0.5) is 13.2 Å². The summed E-state index contributed by atoms with van der Waals surface area (Å²) in [6.07, 6.45) is -2.69. The fourth-order valence-electron chi connectivity index (χ4n) is 2.55. The normalized spacial score (nSPS) is 12.7. The molecule has 4 nitrogen and oxygen atoms in total. The molecular formula is C18H19F3N2O2. The molecule has 1 aromatic carbocycles. The highest BCUT2D eigenvalue weighted by Gasteiger charge is 2.36. The molecule has 0 aliphatic rings. The maximum Gasteiger partial charge on any atom is 0.417 e. The van der Waals surface area contributed by atoms with Gasteiger partial charge in [0.2, 0.25) is 0 Å². The second-order valence-electron chi connectivity index (χ2n) is 5.54. The lowest BCUT2D eigenvalue weighted by Gasteiger charge is -2.30. The third-order valence-electron chi connectivity index (χ3n) is 3.90. The Morgan fingerprint density at radius 2 is 1.88 bits per heavy atom. The molecule has 25 heavy (non-hydrogen) atoms. The molecule has 2 aromatic rings. The Labute approximate surface area is 143 Å². The molecular weight excluding hydrogens is 333 g/mol. The maximum atomic E-state index is 13.2. The fraction of sp³-hybridized carbons (Fsp3) is 0.333. The van der Waals surface area contributed by atoms with Crippen molar-refractivity contribution < 1.29 is 23.1 Å². The number of benzene rings is 1. The van der Waals surface area contributed by atoms with Crippen LogP contribution >= 0.6 is 0 Å². The summed E-state index contributed by atoms with van der Waals surface area (Å²) in [5.41, 5.74) is -0.885. The molecule has 1 heterocycles. The summed E-state index contributed by atoms with van der Waals surface area (Å²) in [5, 5.41) is 9.56. The molecule has 0 saturated carbocycles. The highest BCUT2D eigenvalue weighted by Crippen LogP contribution is 2.32. The van der Waals surface area contributed by atoms with Gasteiger partial charge in [0.15, 0.2) is 0 Å². The number of carbonyl (C=O) groups excluding carboxylic acids is 1. The summed E-state index contributed by atoms with van der Waals surface area (Å²) in [6, 6.07) is 9.18.